The first-order valence-electron chi connectivity index (χ1n) is 13.2. The summed E-state index contributed by atoms with van der Waals surface area (Å²) < 4.78 is 22.8. The Balaban J connectivity index is 1.49. The van der Waals surface area contributed by atoms with Crippen LogP contribution in [0.2, 0.25) is 0 Å². The van der Waals surface area contributed by atoms with E-state index in [-0.39, 0.29) is 30.7 Å². The number of nitrogens with one attached hydrogen (secondary N) is 2. The standard InChI is InChI=1S/C30H31N5O7S/c1-5-42-29(38)19-10-13-21(14-11-19)32-27(36)18-43-30-34-33-26(35(30)22-8-6-7-9-23(22)39-2)17-31-28(37)20-12-15-24(40-3)25(16-20)41-4/h6-16H,5,17-18H2,1-4H3,(H,31,37)(H,32,36). The van der Waals surface area contributed by atoms with Gasteiger partial charge in [0.25, 0.3) is 5.91 Å². The summed E-state index contributed by atoms with van der Waals surface area (Å²) >= 11 is 1.17. The van der Waals surface area contributed by atoms with Crippen molar-refractivity contribution in [1.29, 1.82) is 0 Å². The average molecular weight is 606 g/mol. The third kappa shape index (κ3) is 7.63. The molecule has 4 aromatic rings. The molecule has 0 aliphatic heterocycles. The Morgan fingerprint density at radius 3 is 2.23 bits per heavy atom. The number of methoxy groups -OCH3 is 3. The van der Waals surface area contributed by atoms with E-state index in [1.807, 2.05) is 18.2 Å². The van der Waals surface area contributed by atoms with Crippen molar-refractivity contribution in [2.24, 2.45) is 0 Å². The summed E-state index contributed by atoms with van der Waals surface area (Å²) in [4.78, 5) is 37.6. The van der Waals surface area contributed by atoms with E-state index in [0.717, 1.165) is 0 Å². The molecule has 12 nitrogen and oxygen atoms in total. The van der Waals surface area contributed by atoms with Gasteiger partial charge in [0, 0.05) is 11.3 Å². The van der Waals surface area contributed by atoms with E-state index in [0.29, 0.717) is 50.7 Å². The van der Waals surface area contributed by atoms with Crippen molar-refractivity contribution in [2.75, 3.05) is 39.0 Å². The van der Waals surface area contributed by atoms with Crippen LogP contribution in [0.5, 0.6) is 17.2 Å². The number of ether oxygens (including phenoxy) is 4. The Kier molecular flexibility index (Phi) is 10.6. The normalized spacial score (nSPS) is 10.5. The fraction of sp³-hybridized carbons (Fsp3) is 0.233. The molecular weight excluding hydrogens is 574 g/mol. The van der Waals surface area contributed by atoms with Crippen molar-refractivity contribution in [3.63, 3.8) is 0 Å². The Hall–Kier alpha value is -5.04. The van der Waals surface area contributed by atoms with E-state index < -0.39 is 5.97 Å². The van der Waals surface area contributed by atoms with E-state index in [1.165, 1.54) is 26.0 Å². The zero-order valence-electron chi connectivity index (χ0n) is 24.1. The topological polar surface area (TPSA) is 143 Å². The number of amides is 2. The van der Waals surface area contributed by atoms with Crippen LogP contribution >= 0.6 is 11.8 Å². The molecule has 4 rings (SSSR count). The van der Waals surface area contributed by atoms with Crippen LogP contribution in [0.25, 0.3) is 5.69 Å². The molecule has 3 aromatic carbocycles. The van der Waals surface area contributed by atoms with Gasteiger partial charge in [-0.15, -0.1) is 10.2 Å². The number of nitrogens with zero attached hydrogens (tertiary/aromatic N) is 3. The second kappa shape index (κ2) is 14.7. The number of carbonyl (C=O) groups excluding carboxylic acids is 3. The molecule has 1 aromatic heterocycles. The zero-order valence-corrected chi connectivity index (χ0v) is 24.9. The van der Waals surface area contributed by atoms with E-state index in [9.17, 15) is 14.4 Å². The number of aromatic nitrogens is 3. The highest BCUT2D eigenvalue weighted by Crippen LogP contribution is 2.30. The predicted octanol–water partition coefficient (Wildman–Crippen LogP) is 4.13. The van der Waals surface area contributed by atoms with Gasteiger partial charge in [-0.1, -0.05) is 23.9 Å². The zero-order chi connectivity index (χ0) is 30.8. The number of esters is 1. The van der Waals surface area contributed by atoms with Crippen LogP contribution in [0.1, 0.15) is 33.5 Å². The van der Waals surface area contributed by atoms with Crippen molar-refractivity contribution < 1.29 is 33.3 Å². The molecule has 0 fully saturated rings. The number of hydrogen-bond acceptors (Lipinski definition) is 10. The van der Waals surface area contributed by atoms with Crippen molar-refractivity contribution in [3.8, 4) is 22.9 Å². The van der Waals surface area contributed by atoms with Gasteiger partial charge < -0.3 is 29.6 Å². The third-order valence-electron chi connectivity index (χ3n) is 6.09. The van der Waals surface area contributed by atoms with Crippen LogP contribution in [0.15, 0.2) is 71.9 Å². The molecule has 43 heavy (non-hydrogen) atoms. The molecule has 0 saturated heterocycles. The summed E-state index contributed by atoms with van der Waals surface area (Å²) in [5.41, 5.74) is 1.94. The first-order chi connectivity index (χ1) is 20.9. The summed E-state index contributed by atoms with van der Waals surface area (Å²) in [6.45, 7) is 2.05. The van der Waals surface area contributed by atoms with Gasteiger partial charge >= 0.3 is 5.97 Å². The van der Waals surface area contributed by atoms with Gasteiger partial charge in [-0.05, 0) is 61.5 Å². The summed E-state index contributed by atoms with van der Waals surface area (Å²) in [6, 6.07) is 18.6. The smallest absolute Gasteiger partial charge is 0.338 e. The highest BCUT2D eigenvalue weighted by molar-refractivity contribution is 7.99. The lowest BCUT2D eigenvalue weighted by molar-refractivity contribution is -0.113. The Morgan fingerprint density at radius 2 is 1.53 bits per heavy atom. The average Bonchev–Trinajstić information content (AvgIpc) is 3.45. The minimum absolute atomic E-state index is 0.0188. The third-order valence-corrected chi connectivity index (χ3v) is 7.02. The lowest BCUT2D eigenvalue weighted by Crippen LogP contribution is -2.25. The molecule has 2 N–H and O–H groups in total. The number of carbonyl (C=O) groups is 3. The van der Waals surface area contributed by atoms with E-state index >= 15 is 0 Å². The molecule has 0 spiro atoms. The van der Waals surface area contributed by atoms with E-state index in [4.69, 9.17) is 18.9 Å². The SMILES string of the molecule is CCOC(=O)c1ccc(NC(=O)CSc2nnc(CNC(=O)c3ccc(OC)c(OC)c3)n2-c2ccccc2OC)cc1. The second-order valence-corrected chi connectivity index (χ2v) is 9.74. The predicted molar refractivity (Wildman–Crippen MR) is 160 cm³/mol. The minimum atomic E-state index is -0.428. The number of rotatable bonds is 13. The van der Waals surface area contributed by atoms with Crippen LogP contribution in [-0.4, -0.2) is 66.2 Å². The maximum absolute atomic E-state index is 13.0. The summed E-state index contributed by atoms with van der Waals surface area (Å²) in [5, 5.41) is 14.7. The first-order valence-corrected chi connectivity index (χ1v) is 14.1. The number of benzene rings is 3. The molecule has 0 atom stereocenters. The molecule has 0 radical (unpaired) electrons. The Bertz CT molecular complexity index is 1590. The van der Waals surface area contributed by atoms with Crippen LogP contribution in [0.3, 0.4) is 0 Å². The highest BCUT2D eigenvalue weighted by Gasteiger charge is 2.20. The Labute approximate surface area is 252 Å². The molecule has 13 heteroatoms. The lowest BCUT2D eigenvalue weighted by Gasteiger charge is -2.14. The number of para-hydroxylation sites is 2. The fourth-order valence-electron chi connectivity index (χ4n) is 4.03. The maximum atomic E-state index is 13.0. The van der Waals surface area contributed by atoms with Gasteiger partial charge in [0.1, 0.15) is 5.75 Å². The summed E-state index contributed by atoms with van der Waals surface area (Å²) in [5.74, 6) is 0.879. The summed E-state index contributed by atoms with van der Waals surface area (Å²) in [7, 11) is 4.57. The molecule has 0 saturated carbocycles. The Morgan fingerprint density at radius 1 is 0.837 bits per heavy atom. The summed E-state index contributed by atoms with van der Waals surface area (Å²) in [6.07, 6.45) is 0. The van der Waals surface area contributed by atoms with Crippen LogP contribution < -0.4 is 24.8 Å². The molecule has 1 heterocycles. The van der Waals surface area contributed by atoms with Gasteiger partial charge in [-0.3, -0.25) is 14.2 Å². The van der Waals surface area contributed by atoms with Gasteiger partial charge in [-0.25, -0.2) is 4.79 Å². The largest absolute Gasteiger partial charge is 0.495 e. The highest BCUT2D eigenvalue weighted by atomic mass is 32.2. The lowest BCUT2D eigenvalue weighted by atomic mass is 10.2. The van der Waals surface area contributed by atoms with E-state index in [2.05, 4.69) is 20.8 Å². The molecule has 0 aliphatic rings. The van der Waals surface area contributed by atoms with Crippen molar-refractivity contribution >= 4 is 35.2 Å². The van der Waals surface area contributed by atoms with Gasteiger partial charge in [0.05, 0.1) is 51.5 Å². The van der Waals surface area contributed by atoms with E-state index in [1.54, 1.807) is 67.1 Å². The quantitative estimate of drug-likeness (QED) is 0.169. The maximum Gasteiger partial charge on any atom is 0.338 e. The van der Waals surface area contributed by atoms with Crippen molar-refractivity contribution in [2.45, 2.75) is 18.6 Å². The number of anilines is 1. The molecule has 0 bridgehead atoms. The van der Waals surface area contributed by atoms with Crippen molar-refractivity contribution in [1.82, 2.24) is 20.1 Å². The van der Waals surface area contributed by atoms with Gasteiger partial charge in [0.2, 0.25) is 5.91 Å². The first kappa shape index (κ1) is 30.9. The molecule has 224 valence electrons. The molecule has 0 unspecified atom stereocenters. The molecular formula is C30H31N5O7S. The molecule has 2 amide bonds. The second-order valence-electron chi connectivity index (χ2n) is 8.79. The van der Waals surface area contributed by atoms with Gasteiger partial charge in [-0.2, -0.15) is 0 Å². The van der Waals surface area contributed by atoms with Crippen LogP contribution in [-0.2, 0) is 16.1 Å². The van der Waals surface area contributed by atoms with Crippen LogP contribution in [0.4, 0.5) is 5.69 Å². The fourth-order valence-corrected chi connectivity index (χ4v) is 4.80. The van der Waals surface area contributed by atoms with Crippen molar-refractivity contribution in [3.05, 3.63) is 83.7 Å². The van der Waals surface area contributed by atoms with Gasteiger partial charge in [0.15, 0.2) is 22.5 Å². The number of hydrogen-bond donors (Lipinski definition) is 2. The molecule has 0 aliphatic carbocycles. The number of thioether (sulfide) groups is 1. The minimum Gasteiger partial charge on any atom is -0.495 e. The van der Waals surface area contributed by atoms with Crippen LogP contribution in [0, 0.1) is 0 Å². The monoisotopic (exact) mass is 605 g/mol.